The first-order valence-corrected chi connectivity index (χ1v) is 5.87. The number of nitriles is 2. The van der Waals surface area contributed by atoms with Gasteiger partial charge in [-0.1, -0.05) is 30.3 Å². The van der Waals surface area contributed by atoms with Crippen molar-refractivity contribution in [3.05, 3.63) is 52.2 Å². The van der Waals surface area contributed by atoms with E-state index in [-0.39, 0.29) is 5.57 Å². The summed E-state index contributed by atoms with van der Waals surface area (Å²) in [4.78, 5) is 0.918. The molecule has 0 aliphatic heterocycles. The van der Waals surface area contributed by atoms with Gasteiger partial charge in [0.15, 0.2) is 0 Å². The molecule has 0 aliphatic rings. The van der Waals surface area contributed by atoms with E-state index in [9.17, 15) is 0 Å². The molecule has 0 amide bonds. The number of allylic oxidation sites excluding steroid dienone is 1. The molecule has 2 rings (SSSR count). The zero-order valence-electron chi connectivity index (χ0n) is 8.92. The Hall–Kier alpha value is -2.36. The third kappa shape index (κ3) is 2.60. The Bertz CT molecular complexity index is 608. The molecular formula is C14H8N2S. The predicted molar refractivity (Wildman–Crippen MR) is 69.0 cm³/mol. The van der Waals surface area contributed by atoms with Crippen molar-refractivity contribution in [1.82, 2.24) is 0 Å². The molecule has 0 N–H and O–H groups in total. The molecule has 0 bridgehead atoms. The summed E-state index contributed by atoms with van der Waals surface area (Å²) in [6, 6.07) is 15.7. The van der Waals surface area contributed by atoms with E-state index in [1.165, 1.54) is 11.3 Å². The highest BCUT2D eigenvalue weighted by Gasteiger charge is 2.01. The molecule has 0 atom stereocenters. The molecule has 2 nitrogen and oxygen atoms in total. The van der Waals surface area contributed by atoms with Crippen LogP contribution in [-0.2, 0) is 0 Å². The Morgan fingerprint density at radius 2 is 1.76 bits per heavy atom. The molecule has 1 aromatic carbocycles. The Morgan fingerprint density at radius 3 is 2.41 bits per heavy atom. The first-order valence-electron chi connectivity index (χ1n) is 4.99. The number of thiophene rings is 1. The summed E-state index contributed by atoms with van der Waals surface area (Å²) in [7, 11) is 0. The van der Waals surface area contributed by atoms with E-state index in [1.54, 1.807) is 6.08 Å². The van der Waals surface area contributed by atoms with Crippen LogP contribution in [0, 0.1) is 22.7 Å². The third-order valence-electron chi connectivity index (χ3n) is 2.25. The molecule has 0 radical (unpaired) electrons. The van der Waals surface area contributed by atoms with Crippen molar-refractivity contribution in [2.45, 2.75) is 0 Å². The maximum Gasteiger partial charge on any atom is 0.131 e. The summed E-state index contributed by atoms with van der Waals surface area (Å²) < 4.78 is 0. The van der Waals surface area contributed by atoms with Crippen LogP contribution in [0.2, 0.25) is 0 Å². The van der Waals surface area contributed by atoms with Crippen LogP contribution in [0.4, 0.5) is 0 Å². The summed E-state index contributed by atoms with van der Waals surface area (Å²) in [5.74, 6) is 0. The zero-order chi connectivity index (χ0) is 12.1. The highest BCUT2D eigenvalue weighted by atomic mass is 32.1. The van der Waals surface area contributed by atoms with Crippen LogP contribution >= 0.6 is 11.3 Å². The lowest BCUT2D eigenvalue weighted by molar-refractivity contribution is 1.47. The lowest BCUT2D eigenvalue weighted by Crippen LogP contribution is -1.72. The molecule has 0 aliphatic carbocycles. The van der Waals surface area contributed by atoms with E-state index >= 15 is 0 Å². The molecule has 0 spiro atoms. The van der Waals surface area contributed by atoms with Crippen LogP contribution in [0.5, 0.6) is 0 Å². The molecule has 17 heavy (non-hydrogen) atoms. The standard InChI is InChI=1S/C14H8N2S/c15-8-11(9-16)6-14-7-13(10-17-14)12-4-2-1-3-5-12/h1-7,10H. The van der Waals surface area contributed by atoms with Gasteiger partial charge < -0.3 is 0 Å². The van der Waals surface area contributed by atoms with Crippen LogP contribution in [0.1, 0.15) is 4.88 Å². The predicted octanol–water partition coefficient (Wildman–Crippen LogP) is 3.85. The topological polar surface area (TPSA) is 47.6 Å². The van der Waals surface area contributed by atoms with E-state index in [1.807, 2.05) is 53.9 Å². The van der Waals surface area contributed by atoms with Crippen molar-refractivity contribution < 1.29 is 0 Å². The lowest BCUT2D eigenvalue weighted by atomic mass is 10.1. The molecular weight excluding hydrogens is 228 g/mol. The molecule has 3 heteroatoms. The summed E-state index contributed by atoms with van der Waals surface area (Å²) >= 11 is 1.52. The van der Waals surface area contributed by atoms with Gasteiger partial charge in [0.05, 0.1) is 0 Å². The number of benzene rings is 1. The third-order valence-corrected chi connectivity index (χ3v) is 3.13. The van der Waals surface area contributed by atoms with Crippen LogP contribution < -0.4 is 0 Å². The second-order valence-corrected chi connectivity index (χ2v) is 4.33. The SMILES string of the molecule is N#CC(C#N)=Cc1cc(-c2ccccc2)cs1. The Balaban J connectivity index is 2.33. The monoisotopic (exact) mass is 236 g/mol. The Kier molecular flexibility index (Phi) is 3.35. The van der Waals surface area contributed by atoms with Crippen LogP contribution in [0.15, 0.2) is 47.4 Å². The summed E-state index contributed by atoms with van der Waals surface area (Å²) in [6.07, 6.45) is 1.61. The Morgan fingerprint density at radius 1 is 1.06 bits per heavy atom. The van der Waals surface area contributed by atoms with E-state index in [4.69, 9.17) is 10.5 Å². The van der Waals surface area contributed by atoms with Crippen LogP contribution in [0.25, 0.3) is 17.2 Å². The number of hydrogen-bond donors (Lipinski definition) is 0. The number of rotatable bonds is 2. The van der Waals surface area contributed by atoms with Crippen molar-refractivity contribution in [1.29, 1.82) is 10.5 Å². The fraction of sp³-hybridized carbons (Fsp3) is 0. The first-order chi connectivity index (χ1) is 8.33. The van der Waals surface area contributed by atoms with Gasteiger partial charge in [0.25, 0.3) is 0 Å². The highest BCUT2D eigenvalue weighted by molar-refractivity contribution is 7.11. The average molecular weight is 236 g/mol. The van der Waals surface area contributed by atoms with Crippen molar-refractivity contribution in [2.24, 2.45) is 0 Å². The fourth-order valence-corrected chi connectivity index (χ4v) is 2.29. The summed E-state index contributed by atoms with van der Waals surface area (Å²) in [6.45, 7) is 0. The average Bonchev–Trinajstić information content (AvgIpc) is 2.85. The van der Waals surface area contributed by atoms with Gasteiger partial charge in [0.1, 0.15) is 17.7 Å². The zero-order valence-corrected chi connectivity index (χ0v) is 9.74. The first kappa shape index (κ1) is 11.1. The fourth-order valence-electron chi connectivity index (χ4n) is 1.44. The minimum absolute atomic E-state index is 0.131. The van der Waals surface area contributed by atoms with Crippen molar-refractivity contribution >= 4 is 17.4 Å². The number of nitrogens with zero attached hydrogens (tertiary/aromatic N) is 2. The van der Waals surface area contributed by atoms with Gasteiger partial charge >= 0.3 is 0 Å². The van der Waals surface area contributed by atoms with Gasteiger partial charge in [-0.05, 0) is 28.6 Å². The van der Waals surface area contributed by atoms with Crippen molar-refractivity contribution in [2.75, 3.05) is 0 Å². The smallest absolute Gasteiger partial charge is 0.131 e. The van der Waals surface area contributed by atoms with Crippen molar-refractivity contribution in [3.63, 3.8) is 0 Å². The molecule has 2 aromatic rings. The molecule has 0 saturated heterocycles. The second-order valence-electron chi connectivity index (χ2n) is 3.39. The molecule has 0 saturated carbocycles. The normalized spacial score (nSPS) is 9.06. The molecule has 1 heterocycles. The highest BCUT2D eigenvalue weighted by Crippen LogP contribution is 2.26. The quantitative estimate of drug-likeness (QED) is 0.743. The second kappa shape index (κ2) is 5.12. The van der Waals surface area contributed by atoms with E-state index < -0.39 is 0 Å². The van der Waals surface area contributed by atoms with Gasteiger partial charge in [0.2, 0.25) is 0 Å². The summed E-state index contributed by atoms with van der Waals surface area (Å²) in [5, 5.41) is 19.4. The molecule has 0 fully saturated rings. The van der Waals surface area contributed by atoms with Crippen molar-refractivity contribution in [3.8, 4) is 23.3 Å². The number of hydrogen-bond acceptors (Lipinski definition) is 3. The minimum atomic E-state index is 0.131. The molecule has 1 aromatic heterocycles. The molecule has 80 valence electrons. The van der Waals surface area contributed by atoms with E-state index in [0.717, 1.165) is 16.0 Å². The maximum absolute atomic E-state index is 8.68. The minimum Gasteiger partial charge on any atom is -0.192 e. The van der Waals surface area contributed by atoms with Gasteiger partial charge in [-0.25, -0.2) is 0 Å². The summed E-state index contributed by atoms with van der Waals surface area (Å²) in [5.41, 5.74) is 2.38. The van der Waals surface area contributed by atoms with E-state index in [0.29, 0.717) is 0 Å². The molecule has 0 unspecified atom stereocenters. The van der Waals surface area contributed by atoms with Crippen LogP contribution in [-0.4, -0.2) is 0 Å². The van der Waals surface area contributed by atoms with Gasteiger partial charge in [-0.3, -0.25) is 0 Å². The largest absolute Gasteiger partial charge is 0.192 e. The van der Waals surface area contributed by atoms with Gasteiger partial charge in [0, 0.05) is 4.88 Å². The lowest BCUT2D eigenvalue weighted by Gasteiger charge is -1.94. The maximum atomic E-state index is 8.68. The van der Waals surface area contributed by atoms with Gasteiger partial charge in [-0.2, -0.15) is 10.5 Å². The van der Waals surface area contributed by atoms with Gasteiger partial charge in [-0.15, -0.1) is 11.3 Å². The Labute approximate surface area is 104 Å². The van der Waals surface area contributed by atoms with Crippen LogP contribution in [0.3, 0.4) is 0 Å². The van der Waals surface area contributed by atoms with E-state index in [2.05, 4.69) is 0 Å².